The molecule has 1 aromatic rings. The van der Waals surface area contributed by atoms with Crippen molar-refractivity contribution in [1.29, 1.82) is 0 Å². The van der Waals surface area contributed by atoms with Crippen molar-refractivity contribution in [2.75, 3.05) is 12.8 Å². The first-order chi connectivity index (χ1) is 4.25. The fourth-order valence-corrected chi connectivity index (χ4v) is 1.34. The smallest absolute Gasteiger partial charge is 0.152 e. The third kappa shape index (κ3) is 1.55. The van der Waals surface area contributed by atoms with Crippen molar-refractivity contribution in [3.8, 4) is 5.75 Å². The van der Waals surface area contributed by atoms with Gasteiger partial charge in [-0.25, -0.2) is 0 Å². The van der Waals surface area contributed by atoms with Crippen LogP contribution in [0, 0.1) is 6.92 Å². The minimum absolute atomic E-state index is 0. The van der Waals surface area contributed by atoms with E-state index in [0.29, 0.717) is 0 Å². The first kappa shape index (κ1) is 9.59. The number of ether oxygens (including phenoxy) is 1. The van der Waals surface area contributed by atoms with E-state index in [-0.39, 0.29) is 12.4 Å². The van der Waals surface area contributed by atoms with Crippen LogP contribution in [0.2, 0.25) is 0 Å². The summed E-state index contributed by atoms with van der Waals surface area (Å²) < 4.78 is 4.95. The fourth-order valence-electron chi connectivity index (χ4n) is 0.600. The SMILES string of the molecule is COc1csc(C)c1N.Cl. The Bertz CT molecular complexity index is 212. The van der Waals surface area contributed by atoms with Gasteiger partial charge in [0.05, 0.1) is 12.8 Å². The van der Waals surface area contributed by atoms with Crippen LogP contribution in [-0.4, -0.2) is 7.11 Å². The maximum Gasteiger partial charge on any atom is 0.152 e. The molecule has 0 aliphatic carbocycles. The number of anilines is 1. The van der Waals surface area contributed by atoms with Crippen molar-refractivity contribution in [2.24, 2.45) is 0 Å². The largest absolute Gasteiger partial charge is 0.494 e. The Kier molecular flexibility index (Phi) is 3.53. The van der Waals surface area contributed by atoms with Gasteiger partial charge >= 0.3 is 0 Å². The van der Waals surface area contributed by atoms with Gasteiger partial charge < -0.3 is 10.5 Å². The summed E-state index contributed by atoms with van der Waals surface area (Å²) in [5.74, 6) is 0.789. The van der Waals surface area contributed by atoms with E-state index in [1.54, 1.807) is 18.4 Å². The van der Waals surface area contributed by atoms with E-state index in [1.807, 2.05) is 12.3 Å². The van der Waals surface area contributed by atoms with Crippen LogP contribution >= 0.6 is 23.7 Å². The number of hydrogen-bond donors (Lipinski definition) is 1. The highest BCUT2D eigenvalue weighted by molar-refractivity contribution is 7.10. The number of rotatable bonds is 1. The lowest BCUT2D eigenvalue weighted by Gasteiger charge is -1.95. The summed E-state index contributed by atoms with van der Waals surface area (Å²) in [6.07, 6.45) is 0. The quantitative estimate of drug-likeness (QED) is 0.717. The van der Waals surface area contributed by atoms with Gasteiger partial charge in [0.2, 0.25) is 0 Å². The summed E-state index contributed by atoms with van der Waals surface area (Å²) in [5.41, 5.74) is 6.36. The third-order valence-electron chi connectivity index (χ3n) is 1.21. The molecular formula is C6H10ClNOS. The van der Waals surface area contributed by atoms with E-state index in [1.165, 1.54) is 0 Å². The molecule has 0 spiro atoms. The van der Waals surface area contributed by atoms with Crippen LogP contribution in [0.15, 0.2) is 5.38 Å². The molecule has 0 fully saturated rings. The number of thiophene rings is 1. The number of aryl methyl sites for hydroxylation is 1. The number of halogens is 1. The molecule has 0 atom stereocenters. The maximum atomic E-state index is 5.60. The Hall–Kier alpha value is -0.410. The summed E-state index contributed by atoms with van der Waals surface area (Å²) in [6, 6.07) is 0. The van der Waals surface area contributed by atoms with Crippen molar-refractivity contribution in [3.63, 3.8) is 0 Å². The van der Waals surface area contributed by atoms with Crippen LogP contribution in [0.1, 0.15) is 4.88 Å². The Morgan fingerprint density at radius 2 is 2.20 bits per heavy atom. The van der Waals surface area contributed by atoms with Gasteiger partial charge in [0.25, 0.3) is 0 Å². The topological polar surface area (TPSA) is 35.2 Å². The number of nitrogens with two attached hydrogens (primary N) is 1. The highest BCUT2D eigenvalue weighted by Crippen LogP contribution is 2.30. The predicted octanol–water partition coefficient (Wildman–Crippen LogP) is 2.07. The van der Waals surface area contributed by atoms with Crippen molar-refractivity contribution in [3.05, 3.63) is 10.3 Å². The van der Waals surface area contributed by atoms with Crippen LogP contribution in [0.4, 0.5) is 5.69 Å². The Morgan fingerprint density at radius 3 is 2.40 bits per heavy atom. The van der Waals surface area contributed by atoms with Gasteiger partial charge in [-0.05, 0) is 6.92 Å². The molecule has 0 aromatic carbocycles. The minimum atomic E-state index is 0. The first-order valence-corrected chi connectivity index (χ1v) is 3.51. The zero-order valence-electron chi connectivity index (χ0n) is 5.88. The molecule has 0 amide bonds. The molecule has 1 rings (SSSR count). The molecule has 0 unspecified atom stereocenters. The molecule has 0 aliphatic rings. The third-order valence-corrected chi connectivity index (χ3v) is 2.11. The molecule has 0 saturated heterocycles. The normalized spacial score (nSPS) is 8.60. The number of hydrogen-bond acceptors (Lipinski definition) is 3. The van der Waals surface area contributed by atoms with Crippen molar-refractivity contribution in [1.82, 2.24) is 0 Å². The standard InChI is InChI=1S/C6H9NOS.ClH/c1-4-6(7)5(8-2)3-9-4;/h3H,7H2,1-2H3;1H. The van der Waals surface area contributed by atoms with Crippen LogP contribution in [-0.2, 0) is 0 Å². The Morgan fingerprint density at radius 1 is 1.60 bits per heavy atom. The number of nitrogen functional groups attached to an aromatic ring is 1. The molecule has 0 radical (unpaired) electrons. The van der Waals surface area contributed by atoms with Gasteiger partial charge in [-0.2, -0.15) is 0 Å². The van der Waals surface area contributed by atoms with Gasteiger partial charge in [0.15, 0.2) is 5.75 Å². The average Bonchev–Trinajstić information content (AvgIpc) is 2.15. The molecule has 0 bridgehead atoms. The molecular weight excluding hydrogens is 170 g/mol. The van der Waals surface area contributed by atoms with Gasteiger partial charge in [-0.15, -0.1) is 23.7 Å². The molecule has 2 nitrogen and oxygen atoms in total. The van der Waals surface area contributed by atoms with Crippen LogP contribution in [0.25, 0.3) is 0 Å². The molecule has 10 heavy (non-hydrogen) atoms. The zero-order chi connectivity index (χ0) is 6.85. The molecule has 0 aliphatic heterocycles. The summed E-state index contributed by atoms with van der Waals surface area (Å²) in [5, 5.41) is 1.91. The van der Waals surface area contributed by atoms with Gasteiger partial charge in [-0.1, -0.05) is 0 Å². The van der Waals surface area contributed by atoms with Crippen molar-refractivity contribution in [2.45, 2.75) is 6.92 Å². The molecule has 1 heterocycles. The predicted molar refractivity (Wildman–Crippen MR) is 47.3 cm³/mol. The molecule has 58 valence electrons. The van der Waals surface area contributed by atoms with Gasteiger partial charge in [0.1, 0.15) is 0 Å². The Balaban J connectivity index is 0.000000810. The monoisotopic (exact) mass is 179 g/mol. The zero-order valence-corrected chi connectivity index (χ0v) is 7.51. The van der Waals surface area contributed by atoms with E-state index >= 15 is 0 Å². The minimum Gasteiger partial charge on any atom is -0.494 e. The summed E-state index contributed by atoms with van der Waals surface area (Å²) in [4.78, 5) is 1.12. The summed E-state index contributed by atoms with van der Waals surface area (Å²) in [7, 11) is 1.62. The lowest BCUT2D eigenvalue weighted by molar-refractivity contribution is 0.418. The summed E-state index contributed by atoms with van der Waals surface area (Å²) >= 11 is 1.61. The van der Waals surface area contributed by atoms with Crippen LogP contribution in [0.5, 0.6) is 5.75 Å². The van der Waals surface area contributed by atoms with E-state index in [0.717, 1.165) is 16.3 Å². The first-order valence-electron chi connectivity index (χ1n) is 2.63. The van der Waals surface area contributed by atoms with E-state index < -0.39 is 0 Å². The molecule has 2 N–H and O–H groups in total. The van der Waals surface area contributed by atoms with Gasteiger partial charge in [0, 0.05) is 10.3 Å². The van der Waals surface area contributed by atoms with E-state index in [2.05, 4.69) is 0 Å². The van der Waals surface area contributed by atoms with Gasteiger partial charge in [-0.3, -0.25) is 0 Å². The lowest BCUT2D eigenvalue weighted by Crippen LogP contribution is -1.88. The maximum absolute atomic E-state index is 5.60. The van der Waals surface area contributed by atoms with E-state index in [4.69, 9.17) is 10.5 Å². The average molecular weight is 180 g/mol. The van der Waals surface area contributed by atoms with Crippen LogP contribution in [0.3, 0.4) is 0 Å². The second-order valence-corrected chi connectivity index (χ2v) is 2.86. The van der Waals surface area contributed by atoms with E-state index in [9.17, 15) is 0 Å². The lowest BCUT2D eigenvalue weighted by atomic mass is 10.4. The Labute approximate surface area is 70.4 Å². The van der Waals surface area contributed by atoms with Crippen molar-refractivity contribution < 1.29 is 4.74 Å². The fraction of sp³-hybridized carbons (Fsp3) is 0.333. The molecule has 4 heteroatoms. The molecule has 1 aromatic heterocycles. The summed E-state index contributed by atoms with van der Waals surface area (Å²) in [6.45, 7) is 1.97. The highest BCUT2D eigenvalue weighted by Gasteiger charge is 2.02. The second kappa shape index (κ2) is 3.68. The highest BCUT2D eigenvalue weighted by atomic mass is 35.5. The number of methoxy groups -OCH3 is 1. The van der Waals surface area contributed by atoms with Crippen molar-refractivity contribution >= 4 is 29.4 Å². The molecule has 0 saturated carbocycles. The second-order valence-electron chi connectivity index (χ2n) is 1.77. The van der Waals surface area contributed by atoms with Crippen LogP contribution < -0.4 is 10.5 Å².